The standard InChI is InChI=1S/C54H66N8O8S/c1-34(2)41-7-4-5-8-42(41)45-9-6-22-60(45)39-28-54(29-39)19-23-59(24-20-54)38-10-12-43(46(26-38)61-31-37-32-69-33-49(37)70-52-48(61)25-36-16-21-55-50(36)57-52)51(63)58-71(67,68)40-11-13-44(47(27-40)62(65)66)56-30-35-14-17-53(3,64)18-15-35/h4-5,7-8,10-13,16,21,25-27,34-35,37,39,45,49,56,64H,6,9,14-15,17-20,22-24,28-33H2,1-3H3,(H,55,57)(H,58,63)/t35?,37-,45+,49+,53?/m1/s1. The van der Waals surface area contributed by atoms with Crippen LogP contribution in [-0.4, -0.2) is 103 Å². The zero-order chi connectivity index (χ0) is 49.2. The average molecular weight is 987 g/mol. The van der Waals surface area contributed by atoms with E-state index in [1.165, 1.54) is 48.9 Å². The molecule has 2 saturated carbocycles. The Morgan fingerprint density at radius 2 is 1.76 bits per heavy atom. The fraction of sp³-hybridized carbons (Fsp3) is 0.519. The first-order valence-corrected chi connectivity index (χ1v) is 27.2. The lowest BCUT2D eigenvalue weighted by molar-refractivity contribution is -0.384. The van der Waals surface area contributed by atoms with Crippen LogP contribution in [0.2, 0.25) is 0 Å². The molecule has 6 aliphatic rings. The molecule has 2 aliphatic carbocycles. The molecular formula is C54H66N8O8S. The molecule has 5 aromatic rings. The van der Waals surface area contributed by atoms with Gasteiger partial charge in [-0.15, -0.1) is 0 Å². The normalized spacial score (nSPS) is 25.6. The molecular weight excluding hydrogens is 921 g/mol. The molecule has 376 valence electrons. The number of ether oxygens (including phenoxy) is 2. The first-order chi connectivity index (χ1) is 34.1. The summed E-state index contributed by atoms with van der Waals surface area (Å²) in [6, 6.07) is 23.2. The number of nitro benzene ring substituents is 1. The predicted octanol–water partition coefficient (Wildman–Crippen LogP) is 9.20. The third-order valence-corrected chi connectivity index (χ3v) is 18.2. The quantitative estimate of drug-likeness (QED) is 0.0683. The van der Waals surface area contributed by atoms with Gasteiger partial charge in [0, 0.05) is 67.5 Å². The van der Waals surface area contributed by atoms with Gasteiger partial charge in [0.15, 0.2) is 0 Å². The van der Waals surface area contributed by atoms with Crippen LogP contribution in [0.3, 0.4) is 0 Å². The second-order valence-corrected chi connectivity index (χ2v) is 23.6. The van der Waals surface area contributed by atoms with Crippen molar-refractivity contribution in [3.05, 3.63) is 106 Å². The lowest BCUT2D eigenvalue weighted by Crippen LogP contribution is -2.55. The number of piperidine rings is 1. The molecule has 71 heavy (non-hydrogen) atoms. The number of pyridine rings is 1. The maximum Gasteiger partial charge on any atom is 0.293 e. The fourth-order valence-corrected chi connectivity index (χ4v) is 13.6. The minimum Gasteiger partial charge on any atom is -0.470 e. The number of nitrogens with zero attached hydrogens (tertiary/aromatic N) is 5. The van der Waals surface area contributed by atoms with E-state index in [0.29, 0.717) is 80.0 Å². The van der Waals surface area contributed by atoms with Gasteiger partial charge in [-0.05, 0) is 149 Å². The van der Waals surface area contributed by atoms with Crippen LogP contribution < -0.4 is 24.6 Å². The van der Waals surface area contributed by atoms with Gasteiger partial charge in [-0.1, -0.05) is 38.1 Å². The van der Waals surface area contributed by atoms with E-state index in [1.807, 2.05) is 42.3 Å². The Morgan fingerprint density at radius 1 is 0.972 bits per heavy atom. The molecule has 3 atom stereocenters. The number of anilines is 4. The smallest absolute Gasteiger partial charge is 0.293 e. The second kappa shape index (κ2) is 18.7. The van der Waals surface area contributed by atoms with Gasteiger partial charge in [0.2, 0.25) is 5.88 Å². The van der Waals surface area contributed by atoms with Crippen molar-refractivity contribution in [1.29, 1.82) is 0 Å². The SMILES string of the molecule is CC(C)c1ccccc1[C@@H]1CCCN1C1CC2(CCN(c3ccc(C(=O)NS(=O)(=O)c4ccc(NCC5CCC(C)(O)CC5)c([N+](=O)[O-])c4)c(N4C[C@@H]5COC[C@@H]5Oc5nc6[nH]ccc6cc54)c3)CC2)C1. The molecule has 0 unspecified atom stereocenters. The maximum absolute atomic E-state index is 14.7. The third-order valence-electron chi connectivity index (χ3n) is 16.8. The van der Waals surface area contributed by atoms with Crippen molar-refractivity contribution in [1.82, 2.24) is 19.6 Å². The summed E-state index contributed by atoms with van der Waals surface area (Å²) in [6.45, 7) is 10.9. The van der Waals surface area contributed by atoms with Crippen LogP contribution in [0.5, 0.6) is 5.88 Å². The molecule has 4 N–H and O–H groups in total. The molecule has 5 fully saturated rings. The Balaban J connectivity index is 0.859. The van der Waals surface area contributed by atoms with Gasteiger partial charge in [-0.3, -0.25) is 19.8 Å². The van der Waals surface area contributed by atoms with Crippen LogP contribution in [0, 0.1) is 27.4 Å². The first-order valence-electron chi connectivity index (χ1n) is 25.7. The van der Waals surface area contributed by atoms with Crippen molar-refractivity contribution in [3.63, 3.8) is 0 Å². The number of nitrogens with one attached hydrogen (secondary N) is 3. The number of hydrogen-bond acceptors (Lipinski definition) is 13. The molecule has 6 heterocycles. The van der Waals surface area contributed by atoms with Crippen LogP contribution in [-0.2, 0) is 14.8 Å². The van der Waals surface area contributed by atoms with Crippen molar-refractivity contribution >= 4 is 55.4 Å². The number of fused-ring (bicyclic) bond motifs is 3. The summed E-state index contributed by atoms with van der Waals surface area (Å²) in [5, 5.41) is 26.7. The highest BCUT2D eigenvalue weighted by molar-refractivity contribution is 7.90. The highest BCUT2D eigenvalue weighted by atomic mass is 32.2. The molecule has 3 saturated heterocycles. The van der Waals surface area contributed by atoms with Crippen LogP contribution >= 0.6 is 0 Å². The summed E-state index contributed by atoms with van der Waals surface area (Å²) in [5.41, 5.74) is 5.13. The van der Waals surface area contributed by atoms with Gasteiger partial charge >= 0.3 is 0 Å². The highest BCUT2D eigenvalue weighted by Gasteiger charge is 2.50. The molecule has 16 nitrogen and oxygen atoms in total. The number of carbonyl (C=O) groups excluding carboxylic acids is 1. The topological polar surface area (TPSA) is 195 Å². The number of benzene rings is 3. The number of aromatic amines is 1. The minimum atomic E-state index is -4.61. The number of carbonyl (C=O) groups is 1. The number of H-pyrrole nitrogens is 1. The van der Waals surface area contributed by atoms with Crippen molar-refractivity contribution in [2.75, 3.05) is 61.1 Å². The van der Waals surface area contributed by atoms with E-state index in [9.17, 15) is 28.4 Å². The fourth-order valence-electron chi connectivity index (χ4n) is 12.6. The molecule has 1 spiro atoms. The summed E-state index contributed by atoms with van der Waals surface area (Å²) in [6.07, 6.45) is 11.3. The number of nitro groups is 1. The van der Waals surface area contributed by atoms with E-state index in [1.54, 1.807) is 6.07 Å². The summed E-state index contributed by atoms with van der Waals surface area (Å²) >= 11 is 0. The molecule has 2 aromatic heterocycles. The third kappa shape index (κ3) is 9.34. The summed E-state index contributed by atoms with van der Waals surface area (Å²) in [5.74, 6) is 0.113. The minimum absolute atomic E-state index is 0.0815. The Bertz CT molecular complexity index is 2930. The Labute approximate surface area is 415 Å². The number of sulfonamides is 1. The summed E-state index contributed by atoms with van der Waals surface area (Å²) in [4.78, 5) is 41.2. The molecule has 4 aliphatic heterocycles. The van der Waals surface area contributed by atoms with E-state index in [-0.39, 0.29) is 34.6 Å². The van der Waals surface area contributed by atoms with Gasteiger partial charge in [0.1, 0.15) is 23.1 Å². The van der Waals surface area contributed by atoms with Crippen LogP contribution in [0.25, 0.3) is 11.0 Å². The monoisotopic (exact) mass is 986 g/mol. The Morgan fingerprint density at radius 3 is 2.54 bits per heavy atom. The van der Waals surface area contributed by atoms with Crippen molar-refractivity contribution in [2.45, 2.75) is 120 Å². The van der Waals surface area contributed by atoms with Gasteiger partial charge < -0.3 is 34.7 Å². The zero-order valence-corrected chi connectivity index (χ0v) is 41.8. The summed E-state index contributed by atoms with van der Waals surface area (Å²) < 4.78 is 43.0. The molecule has 3 aromatic carbocycles. The van der Waals surface area contributed by atoms with Gasteiger partial charge in [-0.25, -0.2) is 13.1 Å². The molecule has 0 radical (unpaired) electrons. The van der Waals surface area contributed by atoms with E-state index < -0.39 is 37.0 Å². The first kappa shape index (κ1) is 47.6. The number of likely N-dealkylation sites (tertiary alicyclic amines) is 1. The lowest BCUT2D eigenvalue weighted by Gasteiger charge is -2.56. The van der Waals surface area contributed by atoms with E-state index in [4.69, 9.17) is 14.5 Å². The number of hydrogen-bond donors (Lipinski definition) is 4. The van der Waals surface area contributed by atoms with E-state index >= 15 is 0 Å². The highest BCUT2D eigenvalue weighted by Crippen LogP contribution is 2.55. The van der Waals surface area contributed by atoms with Crippen LogP contribution in [0.15, 0.2) is 83.9 Å². The Kier molecular flexibility index (Phi) is 12.5. The van der Waals surface area contributed by atoms with Crippen molar-refractivity contribution in [2.24, 2.45) is 17.3 Å². The van der Waals surface area contributed by atoms with Gasteiger partial charge in [0.05, 0.1) is 39.9 Å². The number of amides is 1. The predicted molar refractivity (Wildman–Crippen MR) is 273 cm³/mol. The van der Waals surface area contributed by atoms with Crippen LogP contribution in [0.1, 0.15) is 118 Å². The Hall–Kier alpha value is -5.75. The van der Waals surface area contributed by atoms with Gasteiger partial charge in [0.25, 0.3) is 21.6 Å². The largest absolute Gasteiger partial charge is 0.470 e. The van der Waals surface area contributed by atoms with Gasteiger partial charge in [-0.2, -0.15) is 4.98 Å². The number of aromatic nitrogens is 2. The zero-order valence-electron chi connectivity index (χ0n) is 40.9. The van der Waals surface area contributed by atoms with Crippen molar-refractivity contribution < 1.29 is 32.7 Å². The molecule has 1 amide bonds. The van der Waals surface area contributed by atoms with E-state index in [2.05, 4.69) is 62.9 Å². The number of rotatable bonds is 12. The average Bonchev–Trinajstić information content (AvgIpc) is 4.12. The van der Waals surface area contributed by atoms with Crippen molar-refractivity contribution in [3.8, 4) is 5.88 Å². The summed E-state index contributed by atoms with van der Waals surface area (Å²) in [7, 11) is -4.61. The molecule has 17 heteroatoms. The number of aliphatic hydroxyl groups is 1. The molecule has 11 rings (SSSR count). The second-order valence-electron chi connectivity index (χ2n) is 21.9. The van der Waals surface area contributed by atoms with E-state index in [0.717, 1.165) is 62.5 Å². The molecule has 0 bridgehead atoms. The lowest BCUT2D eigenvalue weighted by atomic mass is 9.59. The maximum atomic E-state index is 14.7. The van der Waals surface area contributed by atoms with Crippen LogP contribution in [0.4, 0.5) is 28.4 Å².